The van der Waals surface area contributed by atoms with E-state index < -0.39 is 23.8 Å². The molecule has 0 aliphatic carbocycles. The van der Waals surface area contributed by atoms with E-state index in [0.717, 1.165) is 51.7 Å². The molecule has 2 aromatic carbocycles. The average Bonchev–Trinajstić information content (AvgIpc) is 3.56. The molecule has 2 aromatic heterocycles. The Morgan fingerprint density at radius 3 is 2.54 bits per heavy atom. The van der Waals surface area contributed by atoms with Crippen molar-refractivity contribution in [3.8, 4) is 0 Å². The molecule has 0 bridgehead atoms. The molecule has 0 spiro atoms. The van der Waals surface area contributed by atoms with Gasteiger partial charge >= 0.3 is 12.0 Å². The Kier molecular flexibility index (Phi) is 10.7. The number of hydrogen-bond donors (Lipinski definition) is 4. The van der Waals surface area contributed by atoms with E-state index in [9.17, 15) is 24.3 Å². The van der Waals surface area contributed by atoms with Crippen molar-refractivity contribution in [3.63, 3.8) is 0 Å². The number of nitrogens with one attached hydrogen (secondary N) is 2. The van der Waals surface area contributed by atoms with Crippen molar-refractivity contribution in [1.82, 2.24) is 25.2 Å². The summed E-state index contributed by atoms with van der Waals surface area (Å²) in [6.07, 6.45) is 8.46. The van der Waals surface area contributed by atoms with Crippen molar-refractivity contribution in [3.05, 3.63) is 102 Å². The molecule has 0 saturated heterocycles. The fourth-order valence-electron chi connectivity index (χ4n) is 6.37. The van der Waals surface area contributed by atoms with Gasteiger partial charge in [0.15, 0.2) is 0 Å². The summed E-state index contributed by atoms with van der Waals surface area (Å²) < 4.78 is 0. The molecular weight excluding hydrogens is 636 g/mol. The smallest absolute Gasteiger partial charge is 0.322 e. The molecule has 6 rings (SSSR count). The maximum Gasteiger partial charge on any atom is 0.322 e. The molecule has 1 unspecified atom stereocenters. The predicted molar refractivity (Wildman–Crippen MR) is 188 cm³/mol. The lowest BCUT2D eigenvalue weighted by atomic mass is 9.88. The van der Waals surface area contributed by atoms with Crippen LogP contribution in [0.3, 0.4) is 0 Å². The minimum absolute atomic E-state index is 0.0767. The van der Waals surface area contributed by atoms with Crippen LogP contribution in [0.15, 0.2) is 84.4 Å². The van der Waals surface area contributed by atoms with Crippen molar-refractivity contribution in [1.29, 1.82) is 0 Å². The van der Waals surface area contributed by atoms with Crippen LogP contribution in [-0.4, -0.2) is 73.6 Å². The minimum Gasteiger partial charge on any atom is -0.480 e. The van der Waals surface area contributed by atoms with Crippen LogP contribution in [0.2, 0.25) is 0 Å². The second-order valence-corrected chi connectivity index (χ2v) is 12.7. The molecule has 13 nitrogen and oxygen atoms in total. The molecular formula is C37H40N8O5. The van der Waals surface area contributed by atoms with E-state index in [1.807, 2.05) is 60.7 Å². The molecule has 4 amide bonds. The van der Waals surface area contributed by atoms with E-state index in [-0.39, 0.29) is 18.4 Å². The standard InChI is InChI=1S/C37H40N8O5/c38-34(46)20-33(36(48)49)41-14-3-1-2-4-17-45-35(47)30(26-8-7-24-6-5-15-40-31(24)18-26)19-32(43-45)25-9-11-29(12-10-25)42-37(50)44-22-27-13-16-39-21-28(27)23-44/h5-13,15-16,18,21,30,33,41H,1-4,14,17,19-20,22-23H2,(H2,38,46)(H,42,50)(H,48,49)/t30?,33-/m1/s1. The van der Waals surface area contributed by atoms with Crippen LogP contribution in [0, 0.1) is 0 Å². The molecule has 50 heavy (non-hydrogen) atoms. The normalized spacial score (nSPS) is 16.2. The van der Waals surface area contributed by atoms with Gasteiger partial charge in [0.05, 0.1) is 23.6 Å². The average molecular weight is 677 g/mol. The van der Waals surface area contributed by atoms with Crippen molar-refractivity contribution in [2.45, 2.75) is 63.6 Å². The number of carbonyl (C=O) groups is 4. The van der Waals surface area contributed by atoms with Crippen LogP contribution in [0.4, 0.5) is 10.5 Å². The van der Waals surface area contributed by atoms with Crippen molar-refractivity contribution in [2.24, 2.45) is 10.8 Å². The number of nitrogens with two attached hydrogens (primary N) is 1. The first-order chi connectivity index (χ1) is 24.2. The molecule has 4 aromatic rings. The topological polar surface area (TPSA) is 183 Å². The quantitative estimate of drug-likeness (QED) is 0.142. The van der Waals surface area contributed by atoms with Gasteiger partial charge in [-0.05, 0) is 72.0 Å². The number of amides is 4. The molecule has 4 heterocycles. The van der Waals surface area contributed by atoms with Gasteiger partial charge in [0.2, 0.25) is 5.91 Å². The number of aromatic nitrogens is 2. The number of hydrazone groups is 1. The first-order valence-electron chi connectivity index (χ1n) is 16.8. The fourth-order valence-corrected chi connectivity index (χ4v) is 6.37. The number of nitrogens with zero attached hydrogens (tertiary/aromatic N) is 5. The summed E-state index contributed by atoms with van der Waals surface area (Å²) in [7, 11) is 0. The number of aliphatic carboxylic acids is 1. The zero-order chi connectivity index (χ0) is 35.0. The van der Waals surface area contributed by atoms with Crippen molar-refractivity contribution < 1.29 is 24.3 Å². The summed E-state index contributed by atoms with van der Waals surface area (Å²) in [5.74, 6) is -2.29. The number of hydrogen-bond acceptors (Lipinski definition) is 8. The Hall–Kier alpha value is -5.69. The largest absolute Gasteiger partial charge is 0.480 e. The number of carboxylic acid groups (broad SMARTS) is 1. The summed E-state index contributed by atoms with van der Waals surface area (Å²) >= 11 is 0. The number of pyridine rings is 2. The first kappa shape index (κ1) is 34.2. The monoisotopic (exact) mass is 676 g/mol. The molecule has 0 radical (unpaired) electrons. The van der Waals surface area contributed by atoms with Crippen LogP contribution in [-0.2, 0) is 27.5 Å². The van der Waals surface area contributed by atoms with Crippen LogP contribution >= 0.6 is 0 Å². The highest BCUT2D eigenvalue weighted by Crippen LogP contribution is 2.31. The van der Waals surface area contributed by atoms with Crippen LogP contribution in [0.25, 0.3) is 10.9 Å². The first-order valence-corrected chi connectivity index (χ1v) is 16.8. The number of carbonyl (C=O) groups excluding carboxylic acids is 3. The highest BCUT2D eigenvalue weighted by Gasteiger charge is 2.33. The van der Waals surface area contributed by atoms with Gasteiger partial charge < -0.3 is 26.4 Å². The summed E-state index contributed by atoms with van der Waals surface area (Å²) in [6, 6.07) is 18.1. The maximum absolute atomic E-state index is 13.9. The Balaban J connectivity index is 1.11. The van der Waals surface area contributed by atoms with Gasteiger partial charge in [-0.25, -0.2) is 9.80 Å². The van der Waals surface area contributed by atoms with E-state index in [1.165, 1.54) is 0 Å². The van der Waals surface area contributed by atoms with Gasteiger partial charge in [-0.2, -0.15) is 5.10 Å². The Labute approximate surface area is 289 Å². The van der Waals surface area contributed by atoms with E-state index in [2.05, 4.69) is 20.6 Å². The van der Waals surface area contributed by atoms with E-state index in [4.69, 9.17) is 10.8 Å². The second kappa shape index (κ2) is 15.7. The van der Waals surface area contributed by atoms with Gasteiger partial charge in [0, 0.05) is 55.7 Å². The molecule has 5 N–H and O–H groups in total. The second-order valence-electron chi connectivity index (χ2n) is 12.7. The zero-order valence-corrected chi connectivity index (χ0v) is 27.6. The van der Waals surface area contributed by atoms with Crippen molar-refractivity contribution >= 4 is 46.1 Å². The van der Waals surface area contributed by atoms with E-state index >= 15 is 0 Å². The summed E-state index contributed by atoms with van der Waals surface area (Å²) in [4.78, 5) is 59.7. The van der Waals surface area contributed by atoms with Crippen LogP contribution < -0.4 is 16.4 Å². The minimum atomic E-state index is -1.11. The lowest BCUT2D eigenvalue weighted by Crippen LogP contribution is -2.40. The molecule has 0 fully saturated rings. The molecule has 0 saturated carbocycles. The highest BCUT2D eigenvalue weighted by molar-refractivity contribution is 6.06. The Morgan fingerprint density at radius 2 is 1.76 bits per heavy atom. The van der Waals surface area contributed by atoms with Crippen LogP contribution in [0.1, 0.15) is 66.7 Å². The summed E-state index contributed by atoms with van der Waals surface area (Å²) in [6.45, 7) is 1.91. The predicted octanol–water partition coefficient (Wildman–Crippen LogP) is 4.38. The number of fused-ring (bicyclic) bond motifs is 2. The third-order valence-electron chi connectivity index (χ3n) is 9.10. The lowest BCUT2D eigenvalue weighted by Gasteiger charge is -2.30. The third kappa shape index (κ3) is 8.29. The number of urea groups is 1. The van der Waals surface area contributed by atoms with Gasteiger partial charge in [-0.15, -0.1) is 0 Å². The van der Waals surface area contributed by atoms with E-state index in [0.29, 0.717) is 51.1 Å². The van der Waals surface area contributed by atoms with E-state index in [1.54, 1.807) is 28.5 Å². The van der Waals surface area contributed by atoms with Crippen molar-refractivity contribution in [2.75, 3.05) is 18.4 Å². The molecule has 258 valence electrons. The molecule has 2 aliphatic heterocycles. The fraction of sp³-hybridized carbons (Fsp3) is 0.324. The van der Waals surface area contributed by atoms with Crippen LogP contribution in [0.5, 0.6) is 0 Å². The van der Waals surface area contributed by atoms with Gasteiger partial charge in [0.25, 0.3) is 5.91 Å². The number of rotatable bonds is 14. The molecule has 2 aliphatic rings. The van der Waals surface area contributed by atoms with Gasteiger partial charge in [-0.3, -0.25) is 24.4 Å². The Morgan fingerprint density at radius 1 is 0.960 bits per heavy atom. The number of primary amides is 1. The number of unbranched alkanes of at least 4 members (excludes halogenated alkanes) is 3. The number of carboxylic acids is 1. The maximum atomic E-state index is 13.9. The summed E-state index contributed by atoms with van der Waals surface area (Å²) in [5, 5.41) is 22.5. The SMILES string of the molecule is NC(=O)C[C@@H](NCCCCCCN1N=C(c2ccc(NC(=O)N3Cc4ccncc4C3)cc2)CC(c2ccc3cccnc3c2)C1=O)C(=O)O. The molecule has 13 heteroatoms. The number of anilines is 1. The Bertz CT molecular complexity index is 1890. The lowest BCUT2D eigenvalue weighted by molar-refractivity contribution is -0.141. The van der Waals surface area contributed by atoms with Gasteiger partial charge in [-0.1, -0.05) is 43.2 Å². The molecule has 2 atom stereocenters. The highest BCUT2D eigenvalue weighted by atomic mass is 16.4. The van der Waals surface area contributed by atoms with Gasteiger partial charge in [0.1, 0.15) is 6.04 Å². The summed E-state index contributed by atoms with van der Waals surface area (Å²) in [5.41, 5.74) is 11.3. The third-order valence-corrected chi connectivity index (χ3v) is 9.10. The number of benzene rings is 2. The zero-order valence-electron chi connectivity index (χ0n) is 27.6.